The highest BCUT2D eigenvalue weighted by Gasteiger charge is 2.19. The van der Waals surface area contributed by atoms with E-state index in [2.05, 4.69) is 49.2 Å². The molecule has 4 nitrogen and oxygen atoms in total. The van der Waals surface area contributed by atoms with Crippen LogP contribution < -0.4 is 4.90 Å². The van der Waals surface area contributed by atoms with Gasteiger partial charge in [0.05, 0.1) is 6.10 Å². The normalized spacial score (nSPS) is 15.9. The van der Waals surface area contributed by atoms with Gasteiger partial charge in [-0.3, -0.25) is 0 Å². The Morgan fingerprint density at radius 3 is 2.21 bits per heavy atom. The molecule has 0 amide bonds. The van der Waals surface area contributed by atoms with Crippen molar-refractivity contribution in [3.05, 3.63) is 43.0 Å². The van der Waals surface area contributed by atoms with Crippen LogP contribution in [0.2, 0.25) is 0 Å². The number of carbonyl (C=O) groups is 2. The molecule has 1 atom stereocenters. The molecule has 2 rings (SSSR count). The molecule has 0 spiro atoms. The second-order valence-electron chi connectivity index (χ2n) is 3.73. The van der Waals surface area contributed by atoms with E-state index in [1.54, 1.807) is 0 Å². The summed E-state index contributed by atoms with van der Waals surface area (Å²) in [6.45, 7) is 13.9. The second-order valence-corrected chi connectivity index (χ2v) is 3.73. The molecule has 1 N–H and O–H groups in total. The fourth-order valence-corrected chi connectivity index (χ4v) is 1.80. The lowest BCUT2D eigenvalue weighted by Crippen LogP contribution is -2.20. The smallest absolute Gasteiger partial charge is 0.106 e. The number of hydrogen-bond acceptors (Lipinski definition) is 4. The zero-order chi connectivity index (χ0) is 15.3. The van der Waals surface area contributed by atoms with Gasteiger partial charge in [0.2, 0.25) is 0 Å². The Bertz CT molecular complexity index is 339. The van der Waals surface area contributed by atoms with E-state index in [-0.39, 0.29) is 6.10 Å². The Balaban J connectivity index is 0. The summed E-state index contributed by atoms with van der Waals surface area (Å²) in [7, 11) is 0. The molecule has 1 saturated heterocycles. The van der Waals surface area contributed by atoms with Gasteiger partial charge in [-0.1, -0.05) is 12.1 Å². The maximum absolute atomic E-state index is 9.39. The number of hydrogen-bond donors (Lipinski definition) is 1. The molecular formula is C15H23NO3. The van der Waals surface area contributed by atoms with Crippen LogP contribution in [-0.2, 0) is 9.59 Å². The largest absolute Gasteiger partial charge is 0.391 e. The van der Waals surface area contributed by atoms with Gasteiger partial charge in [0.25, 0.3) is 0 Å². The maximum Gasteiger partial charge on any atom is 0.106 e. The van der Waals surface area contributed by atoms with Crippen molar-refractivity contribution in [3.8, 4) is 0 Å². The fraction of sp³-hybridized carbons (Fsp3) is 0.333. The highest BCUT2D eigenvalue weighted by molar-refractivity contribution is 5.49. The number of β-amino-alcohol motifs (C(OH)–C–C–N with tert-alkyl or cyclic N) is 1. The van der Waals surface area contributed by atoms with Gasteiger partial charge in [-0.05, 0) is 31.0 Å². The van der Waals surface area contributed by atoms with Crippen molar-refractivity contribution in [1.29, 1.82) is 0 Å². The first-order valence-corrected chi connectivity index (χ1v) is 5.83. The van der Waals surface area contributed by atoms with Crippen LogP contribution in [0.25, 0.3) is 0 Å². The molecule has 0 aromatic heterocycles. The minimum atomic E-state index is -0.138. The van der Waals surface area contributed by atoms with Crippen LogP contribution in [0, 0.1) is 6.92 Å². The van der Waals surface area contributed by atoms with Crippen LogP contribution in [0.3, 0.4) is 0 Å². The number of nitrogens with zero attached hydrogens (tertiary/aromatic N) is 1. The molecule has 19 heavy (non-hydrogen) atoms. The lowest BCUT2D eigenvalue weighted by atomic mass is 10.2. The number of aliphatic hydroxyl groups is 1. The van der Waals surface area contributed by atoms with E-state index in [4.69, 9.17) is 9.59 Å². The molecular weight excluding hydrogens is 242 g/mol. The molecule has 1 unspecified atom stereocenters. The molecule has 1 aromatic rings. The first-order valence-electron chi connectivity index (χ1n) is 5.83. The van der Waals surface area contributed by atoms with Crippen molar-refractivity contribution in [1.82, 2.24) is 0 Å². The van der Waals surface area contributed by atoms with Gasteiger partial charge in [0, 0.05) is 18.8 Å². The topological polar surface area (TPSA) is 57.6 Å². The quantitative estimate of drug-likeness (QED) is 0.789. The maximum atomic E-state index is 9.39. The summed E-state index contributed by atoms with van der Waals surface area (Å²) >= 11 is 0. The van der Waals surface area contributed by atoms with Gasteiger partial charge >= 0.3 is 0 Å². The molecule has 0 saturated carbocycles. The molecule has 1 fully saturated rings. The summed E-state index contributed by atoms with van der Waals surface area (Å²) in [6, 6.07) is 8.43. The van der Waals surface area contributed by atoms with E-state index in [1.165, 1.54) is 11.3 Å². The summed E-state index contributed by atoms with van der Waals surface area (Å²) in [5.41, 5.74) is 2.51. The Kier molecular flexibility index (Phi) is 12.8. The molecule has 0 aliphatic carbocycles. The van der Waals surface area contributed by atoms with Crippen LogP contribution in [0.1, 0.15) is 12.0 Å². The Morgan fingerprint density at radius 1 is 1.21 bits per heavy atom. The average Bonchev–Trinajstić information content (AvgIpc) is 2.92. The van der Waals surface area contributed by atoms with Crippen LogP contribution in [-0.4, -0.2) is 37.9 Å². The molecule has 0 bridgehead atoms. The molecule has 106 valence electrons. The minimum Gasteiger partial charge on any atom is -0.391 e. The minimum absolute atomic E-state index is 0.138. The summed E-state index contributed by atoms with van der Waals surface area (Å²) in [5, 5.41) is 9.39. The summed E-state index contributed by atoms with van der Waals surface area (Å²) in [5.74, 6) is 0. The number of anilines is 1. The standard InChI is InChI=1S/C11H15NO.C2H4.2CH2O/c1-9-3-2-4-10(7-9)12-6-5-11(13)8-12;3*1-2/h2-4,7,11,13H,5-6,8H2,1H3;1-2H2;2*1H2. The van der Waals surface area contributed by atoms with Crippen molar-refractivity contribution >= 4 is 19.3 Å². The van der Waals surface area contributed by atoms with E-state index in [1.807, 2.05) is 13.6 Å². The highest BCUT2D eigenvalue weighted by Crippen LogP contribution is 2.20. The highest BCUT2D eigenvalue weighted by atomic mass is 16.3. The van der Waals surface area contributed by atoms with E-state index in [0.717, 1.165) is 19.5 Å². The third-order valence-corrected chi connectivity index (χ3v) is 2.53. The van der Waals surface area contributed by atoms with E-state index >= 15 is 0 Å². The van der Waals surface area contributed by atoms with Gasteiger partial charge in [-0.25, -0.2) is 0 Å². The van der Waals surface area contributed by atoms with Crippen LogP contribution in [0.5, 0.6) is 0 Å². The Hall–Kier alpha value is -1.94. The zero-order valence-electron chi connectivity index (χ0n) is 11.5. The summed E-state index contributed by atoms with van der Waals surface area (Å²) in [4.78, 5) is 18.2. The monoisotopic (exact) mass is 265 g/mol. The van der Waals surface area contributed by atoms with Crippen molar-refractivity contribution in [2.75, 3.05) is 18.0 Å². The van der Waals surface area contributed by atoms with Gasteiger partial charge in [0.1, 0.15) is 13.6 Å². The number of carbonyl (C=O) groups excluding carboxylic acids is 2. The third-order valence-electron chi connectivity index (χ3n) is 2.53. The van der Waals surface area contributed by atoms with Gasteiger partial charge < -0.3 is 19.6 Å². The van der Waals surface area contributed by atoms with Crippen LogP contribution >= 0.6 is 0 Å². The number of benzene rings is 1. The summed E-state index contributed by atoms with van der Waals surface area (Å²) < 4.78 is 0. The second kappa shape index (κ2) is 12.5. The van der Waals surface area contributed by atoms with Gasteiger partial charge in [-0.2, -0.15) is 0 Å². The predicted octanol–water partition coefficient (Wildman–Crippen LogP) is 2.00. The van der Waals surface area contributed by atoms with Crippen molar-refractivity contribution < 1.29 is 14.7 Å². The molecule has 1 aliphatic rings. The van der Waals surface area contributed by atoms with Crippen LogP contribution in [0.4, 0.5) is 5.69 Å². The molecule has 1 aromatic carbocycles. The SMILES string of the molecule is C=C.C=O.C=O.Cc1cccc(N2CCC(O)C2)c1. The van der Waals surface area contributed by atoms with Gasteiger partial charge in [0.15, 0.2) is 0 Å². The number of rotatable bonds is 1. The molecule has 4 heteroatoms. The van der Waals surface area contributed by atoms with E-state index in [0.29, 0.717) is 0 Å². The van der Waals surface area contributed by atoms with Crippen molar-refractivity contribution in [3.63, 3.8) is 0 Å². The lowest BCUT2D eigenvalue weighted by Gasteiger charge is -2.17. The Labute approximate surface area is 115 Å². The van der Waals surface area contributed by atoms with Crippen molar-refractivity contribution in [2.24, 2.45) is 0 Å². The van der Waals surface area contributed by atoms with Crippen LogP contribution in [0.15, 0.2) is 37.4 Å². The number of aliphatic hydroxyl groups excluding tert-OH is 1. The zero-order valence-corrected chi connectivity index (χ0v) is 11.5. The third kappa shape index (κ3) is 7.16. The first kappa shape index (κ1) is 19.4. The van der Waals surface area contributed by atoms with E-state index in [9.17, 15) is 5.11 Å². The number of aryl methyl sites for hydroxylation is 1. The molecule has 0 radical (unpaired) electrons. The van der Waals surface area contributed by atoms with Crippen molar-refractivity contribution in [2.45, 2.75) is 19.4 Å². The average molecular weight is 265 g/mol. The lowest BCUT2D eigenvalue weighted by molar-refractivity contribution is -0.0987. The predicted molar refractivity (Wildman–Crippen MR) is 79.5 cm³/mol. The fourth-order valence-electron chi connectivity index (χ4n) is 1.80. The van der Waals surface area contributed by atoms with Gasteiger partial charge in [-0.15, -0.1) is 13.2 Å². The molecule has 1 aliphatic heterocycles. The molecule has 1 heterocycles. The summed E-state index contributed by atoms with van der Waals surface area (Å²) in [6.07, 6.45) is 0.758. The van der Waals surface area contributed by atoms with E-state index < -0.39 is 0 Å². The first-order chi connectivity index (χ1) is 9.25. The Morgan fingerprint density at radius 2 is 1.79 bits per heavy atom.